The summed E-state index contributed by atoms with van der Waals surface area (Å²) in [4.78, 5) is 13.2. The van der Waals surface area contributed by atoms with Gasteiger partial charge in [-0.2, -0.15) is 0 Å². The van der Waals surface area contributed by atoms with E-state index >= 15 is 0 Å². The van der Waals surface area contributed by atoms with Gasteiger partial charge in [0.25, 0.3) is 0 Å². The number of rotatable bonds is 3. The average Bonchev–Trinajstić information content (AvgIpc) is 2.85. The van der Waals surface area contributed by atoms with Gasteiger partial charge >= 0.3 is 0 Å². The van der Waals surface area contributed by atoms with Crippen molar-refractivity contribution in [1.82, 2.24) is 5.32 Å². The van der Waals surface area contributed by atoms with Crippen molar-refractivity contribution in [2.24, 2.45) is 5.73 Å². The molecule has 0 spiro atoms. The van der Waals surface area contributed by atoms with Crippen molar-refractivity contribution in [1.29, 1.82) is 0 Å². The lowest BCUT2D eigenvalue weighted by molar-refractivity contribution is -0.126. The predicted octanol–water partition coefficient (Wildman–Crippen LogP) is 2.37. The SMILES string of the molecule is Cc1ccsc1CNC(=O)C1(N)CCCC1.Cl. The summed E-state index contributed by atoms with van der Waals surface area (Å²) in [6.07, 6.45) is 3.79. The van der Waals surface area contributed by atoms with E-state index in [1.165, 1.54) is 10.4 Å². The summed E-state index contributed by atoms with van der Waals surface area (Å²) in [5.74, 6) is 0.0119. The van der Waals surface area contributed by atoms with Gasteiger partial charge in [0.2, 0.25) is 5.91 Å². The van der Waals surface area contributed by atoms with Crippen molar-refractivity contribution in [3.8, 4) is 0 Å². The third-order valence-electron chi connectivity index (χ3n) is 3.33. The van der Waals surface area contributed by atoms with Gasteiger partial charge in [0.05, 0.1) is 12.1 Å². The molecule has 1 aromatic rings. The summed E-state index contributed by atoms with van der Waals surface area (Å²) in [7, 11) is 0. The van der Waals surface area contributed by atoms with Crippen LogP contribution in [0.5, 0.6) is 0 Å². The fraction of sp³-hybridized carbons (Fsp3) is 0.583. The highest BCUT2D eigenvalue weighted by Gasteiger charge is 2.36. The molecule has 5 heteroatoms. The van der Waals surface area contributed by atoms with E-state index < -0.39 is 5.54 Å². The average molecular weight is 275 g/mol. The lowest BCUT2D eigenvalue weighted by Gasteiger charge is -2.22. The maximum atomic E-state index is 11.9. The van der Waals surface area contributed by atoms with Crippen LogP contribution in [0.4, 0.5) is 0 Å². The summed E-state index contributed by atoms with van der Waals surface area (Å²) in [6, 6.07) is 2.07. The third kappa shape index (κ3) is 3.21. The van der Waals surface area contributed by atoms with Gasteiger partial charge in [0.15, 0.2) is 0 Å². The first-order valence-corrected chi connectivity index (χ1v) is 6.60. The summed E-state index contributed by atoms with van der Waals surface area (Å²) < 4.78 is 0. The minimum atomic E-state index is -0.606. The van der Waals surface area contributed by atoms with Crippen LogP contribution < -0.4 is 11.1 Å². The van der Waals surface area contributed by atoms with Crippen LogP contribution in [-0.4, -0.2) is 11.4 Å². The van der Waals surface area contributed by atoms with E-state index in [0.29, 0.717) is 6.54 Å². The first-order chi connectivity index (χ1) is 7.62. The Hall–Kier alpha value is -0.580. The first-order valence-electron chi connectivity index (χ1n) is 5.72. The largest absolute Gasteiger partial charge is 0.350 e. The number of halogens is 1. The van der Waals surface area contributed by atoms with Gasteiger partial charge in [0, 0.05) is 4.88 Å². The van der Waals surface area contributed by atoms with Crippen molar-refractivity contribution in [3.63, 3.8) is 0 Å². The number of carbonyl (C=O) groups is 1. The molecule has 17 heavy (non-hydrogen) atoms. The van der Waals surface area contributed by atoms with Gasteiger partial charge in [-0.25, -0.2) is 0 Å². The Balaban J connectivity index is 0.00000144. The summed E-state index contributed by atoms with van der Waals surface area (Å²) in [6.45, 7) is 2.67. The lowest BCUT2D eigenvalue weighted by Crippen LogP contribution is -2.51. The second-order valence-corrected chi connectivity index (χ2v) is 5.57. The molecule has 3 nitrogen and oxygen atoms in total. The standard InChI is InChI=1S/C12H18N2OS.ClH/c1-9-4-7-16-10(9)8-14-11(15)12(13)5-2-3-6-12;/h4,7H,2-3,5-6,8,13H2,1H3,(H,14,15);1H. The van der Waals surface area contributed by atoms with Crippen LogP contribution in [0, 0.1) is 6.92 Å². The molecular formula is C12H19ClN2OS. The zero-order valence-corrected chi connectivity index (χ0v) is 11.6. The van der Waals surface area contributed by atoms with Crippen LogP contribution in [0.15, 0.2) is 11.4 Å². The number of nitrogens with two attached hydrogens (primary N) is 1. The maximum absolute atomic E-state index is 11.9. The fourth-order valence-electron chi connectivity index (χ4n) is 2.15. The smallest absolute Gasteiger partial charge is 0.240 e. The zero-order valence-electron chi connectivity index (χ0n) is 9.99. The molecule has 1 saturated carbocycles. The highest BCUT2D eigenvalue weighted by molar-refractivity contribution is 7.10. The van der Waals surface area contributed by atoms with Crippen LogP contribution in [0.25, 0.3) is 0 Å². The number of nitrogens with one attached hydrogen (secondary N) is 1. The van der Waals surface area contributed by atoms with Gasteiger partial charge < -0.3 is 11.1 Å². The predicted molar refractivity (Wildman–Crippen MR) is 73.5 cm³/mol. The van der Waals surface area contributed by atoms with Crippen LogP contribution in [0.1, 0.15) is 36.1 Å². The molecule has 0 bridgehead atoms. The first kappa shape index (κ1) is 14.5. The monoisotopic (exact) mass is 274 g/mol. The van der Waals surface area contributed by atoms with Crippen molar-refractivity contribution >= 4 is 29.7 Å². The van der Waals surface area contributed by atoms with E-state index in [4.69, 9.17) is 5.73 Å². The molecule has 0 radical (unpaired) electrons. The number of carbonyl (C=O) groups excluding carboxylic acids is 1. The molecule has 96 valence electrons. The number of hydrogen-bond donors (Lipinski definition) is 2. The second-order valence-electron chi connectivity index (χ2n) is 4.57. The Morgan fingerprint density at radius 2 is 2.18 bits per heavy atom. The number of thiophene rings is 1. The Morgan fingerprint density at radius 1 is 1.53 bits per heavy atom. The lowest BCUT2D eigenvalue weighted by atomic mass is 9.98. The highest BCUT2D eigenvalue weighted by Crippen LogP contribution is 2.27. The zero-order chi connectivity index (χ0) is 11.6. The summed E-state index contributed by atoms with van der Waals surface area (Å²) in [5.41, 5.74) is 6.70. The highest BCUT2D eigenvalue weighted by atomic mass is 35.5. The van der Waals surface area contributed by atoms with Crippen molar-refractivity contribution in [3.05, 3.63) is 21.9 Å². The van der Waals surface area contributed by atoms with Crippen molar-refractivity contribution < 1.29 is 4.79 Å². The fourth-order valence-corrected chi connectivity index (χ4v) is 3.00. The van der Waals surface area contributed by atoms with Gasteiger partial charge in [-0.1, -0.05) is 12.8 Å². The molecular weight excluding hydrogens is 256 g/mol. The molecule has 1 aromatic heterocycles. The van der Waals surface area contributed by atoms with Gasteiger partial charge in [-0.15, -0.1) is 23.7 Å². The Kier molecular flexibility index (Phi) is 4.98. The van der Waals surface area contributed by atoms with Crippen LogP contribution in [0.3, 0.4) is 0 Å². The van der Waals surface area contributed by atoms with E-state index in [9.17, 15) is 4.79 Å². The molecule has 0 aromatic carbocycles. The van der Waals surface area contributed by atoms with Crippen LogP contribution in [-0.2, 0) is 11.3 Å². The van der Waals surface area contributed by atoms with Gasteiger partial charge in [0.1, 0.15) is 0 Å². The summed E-state index contributed by atoms with van der Waals surface area (Å²) in [5, 5.41) is 5.00. The van der Waals surface area contributed by atoms with Crippen molar-refractivity contribution in [2.45, 2.75) is 44.7 Å². The van der Waals surface area contributed by atoms with E-state index in [-0.39, 0.29) is 18.3 Å². The molecule has 1 heterocycles. The normalized spacial score (nSPS) is 17.5. The minimum absolute atomic E-state index is 0. The van der Waals surface area contributed by atoms with E-state index in [0.717, 1.165) is 25.7 Å². The molecule has 0 unspecified atom stereocenters. The minimum Gasteiger partial charge on any atom is -0.350 e. The molecule has 1 amide bonds. The van der Waals surface area contributed by atoms with Crippen LogP contribution >= 0.6 is 23.7 Å². The van der Waals surface area contributed by atoms with Gasteiger partial charge in [-0.3, -0.25) is 4.79 Å². The molecule has 0 atom stereocenters. The Bertz CT molecular complexity index is 386. The van der Waals surface area contributed by atoms with Crippen molar-refractivity contribution in [2.75, 3.05) is 0 Å². The van der Waals surface area contributed by atoms with Gasteiger partial charge in [-0.05, 0) is 36.8 Å². The number of amides is 1. The van der Waals surface area contributed by atoms with E-state index in [1.807, 2.05) is 5.38 Å². The number of aryl methyl sites for hydroxylation is 1. The van der Waals surface area contributed by atoms with E-state index in [1.54, 1.807) is 11.3 Å². The quantitative estimate of drug-likeness (QED) is 0.889. The maximum Gasteiger partial charge on any atom is 0.240 e. The Morgan fingerprint density at radius 3 is 2.71 bits per heavy atom. The molecule has 0 saturated heterocycles. The van der Waals surface area contributed by atoms with Crippen LogP contribution in [0.2, 0.25) is 0 Å². The molecule has 1 fully saturated rings. The summed E-state index contributed by atoms with van der Waals surface area (Å²) >= 11 is 1.68. The number of hydrogen-bond acceptors (Lipinski definition) is 3. The molecule has 3 N–H and O–H groups in total. The Labute approximate surface area is 112 Å². The molecule has 1 aliphatic carbocycles. The third-order valence-corrected chi connectivity index (χ3v) is 4.35. The molecule has 2 rings (SSSR count). The topological polar surface area (TPSA) is 55.1 Å². The van der Waals surface area contributed by atoms with E-state index in [2.05, 4.69) is 18.3 Å². The second kappa shape index (κ2) is 5.85. The molecule has 1 aliphatic rings. The molecule has 0 aliphatic heterocycles.